The summed E-state index contributed by atoms with van der Waals surface area (Å²) >= 11 is 0. The average Bonchev–Trinajstić information content (AvgIpc) is 2.44. The Morgan fingerprint density at radius 2 is 0.700 bits per heavy atom. The molecule has 4 aliphatic heterocycles. The van der Waals surface area contributed by atoms with Crippen LogP contribution >= 0.6 is 0 Å². The van der Waals surface area contributed by atoms with E-state index in [1.54, 1.807) is 0 Å². The van der Waals surface area contributed by atoms with Crippen molar-refractivity contribution in [3.05, 3.63) is 0 Å². The van der Waals surface area contributed by atoms with E-state index in [0.29, 0.717) is 24.2 Å². The molecule has 112 valence electrons. The zero-order valence-electron chi connectivity index (χ0n) is 12.6. The molecule has 4 fully saturated rings. The Kier molecular flexibility index (Phi) is 3.57. The van der Waals surface area contributed by atoms with Gasteiger partial charge in [-0.05, 0) is 77.0 Å². The van der Waals surface area contributed by atoms with Gasteiger partial charge >= 0.3 is 0 Å². The highest BCUT2D eigenvalue weighted by Gasteiger charge is 2.36. The minimum atomic E-state index is 0.691. The van der Waals surface area contributed by atoms with E-state index in [0.717, 1.165) is 0 Å². The smallest absolute Gasteiger partial charge is 0.0491 e. The summed E-state index contributed by atoms with van der Waals surface area (Å²) in [5.74, 6) is 0. The van der Waals surface area contributed by atoms with Crippen LogP contribution in [0.2, 0.25) is 0 Å². The molecule has 20 heavy (non-hydrogen) atoms. The molecule has 4 aliphatic rings. The summed E-state index contributed by atoms with van der Waals surface area (Å²) < 4.78 is 0. The number of piperidine rings is 4. The second kappa shape index (κ2) is 5.53. The summed E-state index contributed by atoms with van der Waals surface area (Å²) in [7, 11) is 0. The van der Waals surface area contributed by atoms with Crippen LogP contribution in [0.15, 0.2) is 10.4 Å². The first kappa shape index (κ1) is 12.9. The predicted octanol–water partition coefficient (Wildman–Crippen LogP) is 4.08. The van der Waals surface area contributed by atoms with Crippen molar-refractivity contribution in [1.29, 1.82) is 0 Å². The van der Waals surface area contributed by atoms with E-state index in [4.69, 9.17) is 10.4 Å². The zero-order valence-corrected chi connectivity index (χ0v) is 12.6. The summed E-state index contributed by atoms with van der Waals surface area (Å²) in [6.07, 6.45) is 16.3. The summed E-state index contributed by atoms with van der Waals surface area (Å²) in [5.41, 5.74) is 0. The SMILES string of the molecule is C1CC2CCCC(C1)N2/N=N/N1C2CCCC1CCC2. The van der Waals surface area contributed by atoms with Crippen LogP contribution in [-0.4, -0.2) is 34.2 Å². The van der Waals surface area contributed by atoms with Crippen LogP contribution in [0, 0.1) is 0 Å². The van der Waals surface area contributed by atoms with Gasteiger partial charge in [0.05, 0.1) is 0 Å². The third-order valence-corrected chi connectivity index (χ3v) is 6.04. The van der Waals surface area contributed by atoms with Crippen molar-refractivity contribution in [2.45, 2.75) is 101 Å². The van der Waals surface area contributed by atoms with Gasteiger partial charge in [-0.1, -0.05) is 10.4 Å². The van der Waals surface area contributed by atoms with Crippen LogP contribution in [0.25, 0.3) is 0 Å². The van der Waals surface area contributed by atoms with Crippen LogP contribution in [0.1, 0.15) is 77.0 Å². The van der Waals surface area contributed by atoms with Crippen molar-refractivity contribution in [2.75, 3.05) is 0 Å². The van der Waals surface area contributed by atoms with E-state index in [-0.39, 0.29) is 0 Å². The molecule has 0 aromatic carbocycles. The second-order valence-corrected chi connectivity index (χ2v) is 7.28. The monoisotopic (exact) mass is 276 g/mol. The van der Waals surface area contributed by atoms with Crippen LogP contribution < -0.4 is 0 Å². The number of fused-ring (bicyclic) bond motifs is 4. The fraction of sp³-hybridized carbons (Fsp3) is 1.00. The molecular weight excluding hydrogens is 248 g/mol. The van der Waals surface area contributed by atoms with Crippen molar-refractivity contribution in [2.24, 2.45) is 10.4 Å². The molecule has 0 spiro atoms. The van der Waals surface area contributed by atoms with Crippen molar-refractivity contribution in [3.63, 3.8) is 0 Å². The average molecular weight is 276 g/mol. The second-order valence-electron chi connectivity index (χ2n) is 7.28. The predicted molar refractivity (Wildman–Crippen MR) is 79.1 cm³/mol. The molecule has 0 unspecified atom stereocenters. The lowest BCUT2D eigenvalue weighted by molar-refractivity contribution is -0.00777. The van der Waals surface area contributed by atoms with Gasteiger partial charge in [0.25, 0.3) is 0 Å². The molecule has 0 aliphatic carbocycles. The van der Waals surface area contributed by atoms with E-state index in [1.807, 2.05) is 0 Å². The zero-order chi connectivity index (χ0) is 13.4. The van der Waals surface area contributed by atoms with Gasteiger partial charge in [0.1, 0.15) is 0 Å². The molecule has 4 rings (SSSR count). The minimum Gasteiger partial charge on any atom is -0.271 e. The Balaban J connectivity index is 1.47. The lowest BCUT2D eigenvalue weighted by Crippen LogP contribution is -2.48. The molecule has 0 atom stereocenters. The molecule has 4 saturated heterocycles. The van der Waals surface area contributed by atoms with Gasteiger partial charge < -0.3 is 0 Å². The topological polar surface area (TPSA) is 31.2 Å². The molecular formula is C16H28N4. The molecule has 0 N–H and O–H groups in total. The van der Waals surface area contributed by atoms with E-state index in [1.165, 1.54) is 77.0 Å². The van der Waals surface area contributed by atoms with Gasteiger partial charge in [-0.2, -0.15) is 0 Å². The summed E-state index contributed by atoms with van der Waals surface area (Å²) in [6, 6.07) is 2.76. The highest BCUT2D eigenvalue weighted by Crippen LogP contribution is 2.36. The maximum atomic E-state index is 4.76. The van der Waals surface area contributed by atoms with Crippen LogP contribution in [0.4, 0.5) is 0 Å². The molecule has 0 saturated carbocycles. The molecule has 0 amide bonds. The minimum absolute atomic E-state index is 0.691. The molecule has 0 radical (unpaired) electrons. The van der Waals surface area contributed by atoms with Crippen LogP contribution in [0.5, 0.6) is 0 Å². The maximum absolute atomic E-state index is 4.76. The van der Waals surface area contributed by atoms with Crippen molar-refractivity contribution in [3.8, 4) is 0 Å². The highest BCUT2D eigenvalue weighted by atomic mass is 15.7. The van der Waals surface area contributed by atoms with Gasteiger partial charge in [0.2, 0.25) is 0 Å². The van der Waals surface area contributed by atoms with Crippen LogP contribution in [0.3, 0.4) is 0 Å². The molecule has 4 heteroatoms. The Morgan fingerprint density at radius 1 is 0.450 bits per heavy atom. The van der Waals surface area contributed by atoms with Gasteiger partial charge in [0, 0.05) is 24.2 Å². The maximum Gasteiger partial charge on any atom is 0.0491 e. The third kappa shape index (κ3) is 2.31. The van der Waals surface area contributed by atoms with Crippen molar-refractivity contribution >= 4 is 0 Å². The Hall–Kier alpha value is -0.800. The molecule has 4 bridgehead atoms. The number of hydrogen-bond donors (Lipinski definition) is 0. The van der Waals surface area contributed by atoms with Gasteiger partial charge in [-0.15, -0.1) is 0 Å². The standard InChI is InChI=1S/C16H28N4/c1-5-13-7-2-8-14(6-1)19(13)17-18-20-15-9-3-10-16(20)12-4-11-15/h13-16H,1-12H2/b18-17+. The van der Waals surface area contributed by atoms with Crippen molar-refractivity contribution < 1.29 is 0 Å². The number of rotatable bonds is 2. The van der Waals surface area contributed by atoms with Gasteiger partial charge in [-0.25, -0.2) is 0 Å². The molecule has 0 aromatic rings. The van der Waals surface area contributed by atoms with E-state index in [2.05, 4.69) is 10.0 Å². The lowest BCUT2D eigenvalue weighted by atomic mass is 9.86. The van der Waals surface area contributed by atoms with Crippen molar-refractivity contribution in [1.82, 2.24) is 10.0 Å². The van der Waals surface area contributed by atoms with Gasteiger partial charge in [0.15, 0.2) is 0 Å². The highest BCUT2D eigenvalue weighted by molar-refractivity contribution is 4.88. The Morgan fingerprint density at radius 3 is 0.950 bits per heavy atom. The summed E-state index contributed by atoms with van der Waals surface area (Å²) in [4.78, 5) is 0. The Labute approximate surface area is 122 Å². The molecule has 4 heterocycles. The van der Waals surface area contributed by atoms with Gasteiger partial charge in [-0.3, -0.25) is 10.0 Å². The fourth-order valence-electron chi connectivity index (χ4n) is 4.97. The largest absolute Gasteiger partial charge is 0.271 e. The molecule has 4 nitrogen and oxygen atoms in total. The quantitative estimate of drug-likeness (QED) is 0.712. The number of hydrogen-bond acceptors (Lipinski definition) is 2. The summed E-state index contributed by atoms with van der Waals surface area (Å²) in [6.45, 7) is 0. The molecule has 0 aromatic heterocycles. The Bertz CT molecular complexity index is 291. The van der Waals surface area contributed by atoms with E-state index in [9.17, 15) is 0 Å². The first-order valence-electron chi connectivity index (χ1n) is 8.90. The lowest BCUT2D eigenvalue weighted by Gasteiger charge is -2.46. The third-order valence-electron chi connectivity index (χ3n) is 6.04. The first-order valence-corrected chi connectivity index (χ1v) is 8.90. The van der Waals surface area contributed by atoms with E-state index >= 15 is 0 Å². The van der Waals surface area contributed by atoms with Crippen LogP contribution in [-0.2, 0) is 0 Å². The number of nitrogens with zero attached hydrogens (tertiary/aromatic N) is 4. The first-order chi connectivity index (χ1) is 9.92. The normalized spacial score (nSPS) is 41.2. The fourth-order valence-corrected chi connectivity index (χ4v) is 4.97. The summed E-state index contributed by atoms with van der Waals surface area (Å²) in [5, 5.41) is 14.3. The van der Waals surface area contributed by atoms with E-state index < -0.39 is 0 Å².